The molecule has 1 N–H and O–H groups in total. The van der Waals surface area contributed by atoms with Crippen LogP contribution in [0.15, 0.2) is 12.7 Å². The van der Waals surface area contributed by atoms with Gasteiger partial charge >= 0.3 is 0 Å². The van der Waals surface area contributed by atoms with E-state index in [1.807, 2.05) is 6.08 Å². The molecule has 0 aliphatic heterocycles. The standard InChI is InChI=1S/C14H26O/c1-3-5-6-10-14(15)13-9-7-8-12(4-2)11-13/h3,12-15H,1,4-11H2,2H3. The quantitative estimate of drug-likeness (QED) is 0.520. The fourth-order valence-corrected chi connectivity index (χ4v) is 2.76. The number of hydrogen-bond acceptors (Lipinski definition) is 1. The number of unbranched alkanes of at least 4 members (excludes halogenated alkanes) is 1. The molecule has 3 atom stereocenters. The monoisotopic (exact) mass is 210 g/mol. The van der Waals surface area contributed by atoms with Crippen LogP contribution in [0, 0.1) is 11.8 Å². The first-order valence-electron chi connectivity index (χ1n) is 6.56. The Morgan fingerprint density at radius 3 is 2.93 bits per heavy atom. The molecular formula is C14H26O. The number of hydrogen-bond donors (Lipinski definition) is 1. The van der Waals surface area contributed by atoms with Gasteiger partial charge in [0.05, 0.1) is 6.10 Å². The number of rotatable bonds is 6. The van der Waals surface area contributed by atoms with Gasteiger partial charge in [0.25, 0.3) is 0 Å². The molecule has 1 rings (SSSR count). The summed E-state index contributed by atoms with van der Waals surface area (Å²) >= 11 is 0. The molecular weight excluding hydrogens is 184 g/mol. The molecule has 1 aliphatic carbocycles. The lowest BCUT2D eigenvalue weighted by Crippen LogP contribution is -2.26. The summed E-state index contributed by atoms with van der Waals surface area (Å²) in [6, 6.07) is 0. The van der Waals surface area contributed by atoms with Crippen molar-refractivity contribution in [3.05, 3.63) is 12.7 Å². The maximum Gasteiger partial charge on any atom is 0.0568 e. The van der Waals surface area contributed by atoms with Crippen LogP contribution in [0.1, 0.15) is 58.3 Å². The Morgan fingerprint density at radius 1 is 1.47 bits per heavy atom. The van der Waals surface area contributed by atoms with Gasteiger partial charge in [-0.1, -0.05) is 32.3 Å². The van der Waals surface area contributed by atoms with Crippen molar-refractivity contribution < 1.29 is 5.11 Å². The summed E-state index contributed by atoms with van der Waals surface area (Å²) in [5.74, 6) is 1.45. The normalized spacial score (nSPS) is 28.7. The number of aliphatic hydroxyl groups is 1. The van der Waals surface area contributed by atoms with Crippen LogP contribution in [-0.4, -0.2) is 11.2 Å². The topological polar surface area (TPSA) is 20.2 Å². The van der Waals surface area contributed by atoms with E-state index in [1.165, 1.54) is 32.1 Å². The molecule has 1 saturated carbocycles. The average molecular weight is 210 g/mol. The predicted molar refractivity (Wildman–Crippen MR) is 65.8 cm³/mol. The Bertz CT molecular complexity index is 176. The molecule has 0 amide bonds. The van der Waals surface area contributed by atoms with Crippen molar-refractivity contribution in [1.29, 1.82) is 0 Å². The molecule has 1 nitrogen and oxygen atoms in total. The van der Waals surface area contributed by atoms with Crippen LogP contribution in [-0.2, 0) is 0 Å². The van der Waals surface area contributed by atoms with E-state index in [4.69, 9.17) is 0 Å². The Labute approximate surface area is 94.6 Å². The van der Waals surface area contributed by atoms with Crippen LogP contribution >= 0.6 is 0 Å². The van der Waals surface area contributed by atoms with Gasteiger partial charge in [-0.2, -0.15) is 0 Å². The Hall–Kier alpha value is -0.300. The second-order valence-electron chi connectivity index (χ2n) is 4.99. The summed E-state index contributed by atoms with van der Waals surface area (Å²) < 4.78 is 0. The van der Waals surface area contributed by atoms with E-state index in [-0.39, 0.29) is 6.10 Å². The molecule has 1 heteroatoms. The van der Waals surface area contributed by atoms with Gasteiger partial charge in [0.1, 0.15) is 0 Å². The predicted octanol–water partition coefficient (Wildman–Crippen LogP) is 3.92. The zero-order valence-corrected chi connectivity index (χ0v) is 10.1. The summed E-state index contributed by atoms with van der Waals surface area (Å²) in [6.45, 7) is 5.99. The molecule has 1 aliphatic rings. The van der Waals surface area contributed by atoms with Crippen LogP contribution in [0.4, 0.5) is 0 Å². The molecule has 0 spiro atoms. The van der Waals surface area contributed by atoms with Crippen molar-refractivity contribution in [2.45, 2.75) is 64.4 Å². The Balaban J connectivity index is 2.25. The van der Waals surface area contributed by atoms with Gasteiger partial charge in [-0.15, -0.1) is 6.58 Å². The van der Waals surface area contributed by atoms with Crippen molar-refractivity contribution in [1.82, 2.24) is 0 Å². The van der Waals surface area contributed by atoms with Gasteiger partial charge in [0.15, 0.2) is 0 Å². The molecule has 0 saturated heterocycles. The first-order valence-corrected chi connectivity index (χ1v) is 6.56. The third-order valence-electron chi connectivity index (χ3n) is 3.85. The van der Waals surface area contributed by atoms with Crippen LogP contribution < -0.4 is 0 Å². The highest BCUT2D eigenvalue weighted by molar-refractivity contribution is 4.78. The van der Waals surface area contributed by atoms with Crippen molar-refractivity contribution >= 4 is 0 Å². The van der Waals surface area contributed by atoms with E-state index in [0.29, 0.717) is 5.92 Å². The van der Waals surface area contributed by atoms with E-state index in [1.54, 1.807) is 0 Å². The van der Waals surface area contributed by atoms with Crippen molar-refractivity contribution in [2.24, 2.45) is 11.8 Å². The lowest BCUT2D eigenvalue weighted by Gasteiger charge is -2.31. The van der Waals surface area contributed by atoms with E-state index >= 15 is 0 Å². The van der Waals surface area contributed by atoms with Crippen molar-refractivity contribution in [2.75, 3.05) is 0 Å². The minimum Gasteiger partial charge on any atom is -0.393 e. The van der Waals surface area contributed by atoms with E-state index in [0.717, 1.165) is 25.2 Å². The minimum absolute atomic E-state index is 0.0562. The summed E-state index contributed by atoms with van der Waals surface area (Å²) in [6.07, 6.45) is 11.5. The molecule has 0 radical (unpaired) electrons. The second kappa shape index (κ2) is 7.05. The third-order valence-corrected chi connectivity index (χ3v) is 3.85. The number of allylic oxidation sites excluding steroid dienone is 1. The first-order chi connectivity index (χ1) is 7.27. The van der Waals surface area contributed by atoms with Gasteiger partial charge < -0.3 is 5.11 Å². The lowest BCUT2D eigenvalue weighted by molar-refractivity contribution is 0.0602. The van der Waals surface area contributed by atoms with Crippen LogP contribution in [0.5, 0.6) is 0 Å². The molecule has 0 heterocycles. The molecule has 0 aromatic heterocycles. The summed E-state index contributed by atoms with van der Waals surface area (Å²) in [7, 11) is 0. The zero-order valence-electron chi connectivity index (χ0n) is 10.1. The zero-order chi connectivity index (χ0) is 11.1. The fraction of sp³-hybridized carbons (Fsp3) is 0.857. The maximum atomic E-state index is 10.1. The summed E-state index contributed by atoms with van der Waals surface area (Å²) in [5, 5.41) is 10.1. The van der Waals surface area contributed by atoms with Gasteiger partial charge in [0.2, 0.25) is 0 Å². The van der Waals surface area contributed by atoms with Gasteiger partial charge in [-0.3, -0.25) is 0 Å². The molecule has 0 aromatic carbocycles. The number of aliphatic hydroxyl groups excluding tert-OH is 1. The smallest absolute Gasteiger partial charge is 0.0568 e. The van der Waals surface area contributed by atoms with E-state index in [2.05, 4.69) is 13.5 Å². The van der Waals surface area contributed by atoms with Crippen LogP contribution in [0.25, 0.3) is 0 Å². The lowest BCUT2D eigenvalue weighted by atomic mass is 9.77. The van der Waals surface area contributed by atoms with E-state index in [9.17, 15) is 5.11 Å². The van der Waals surface area contributed by atoms with Gasteiger partial charge in [0, 0.05) is 0 Å². The minimum atomic E-state index is -0.0562. The molecule has 3 unspecified atom stereocenters. The molecule has 0 aromatic rings. The van der Waals surface area contributed by atoms with Gasteiger partial charge in [-0.25, -0.2) is 0 Å². The van der Waals surface area contributed by atoms with Crippen LogP contribution in [0.2, 0.25) is 0 Å². The van der Waals surface area contributed by atoms with Crippen molar-refractivity contribution in [3.63, 3.8) is 0 Å². The SMILES string of the molecule is C=CCCCC(O)C1CCCC(CC)C1. The fourth-order valence-electron chi connectivity index (χ4n) is 2.76. The Kier molecular flexibility index (Phi) is 6.00. The highest BCUT2D eigenvalue weighted by Crippen LogP contribution is 2.34. The highest BCUT2D eigenvalue weighted by atomic mass is 16.3. The summed E-state index contributed by atoms with van der Waals surface area (Å²) in [4.78, 5) is 0. The first kappa shape index (κ1) is 12.8. The summed E-state index contributed by atoms with van der Waals surface area (Å²) in [5.41, 5.74) is 0. The molecule has 1 fully saturated rings. The maximum absolute atomic E-state index is 10.1. The molecule has 88 valence electrons. The van der Waals surface area contributed by atoms with Crippen molar-refractivity contribution in [3.8, 4) is 0 Å². The van der Waals surface area contributed by atoms with Gasteiger partial charge in [-0.05, 0) is 43.9 Å². The average Bonchev–Trinajstić information content (AvgIpc) is 2.29. The molecule has 0 bridgehead atoms. The van der Waals surface area contributed by atoms with E-state index < -0.39 is 0 Å². The largest absolute Gasteiger partial charge is 0.393 e. The molecule has 15 heavy (non-hydrogen) atoms. The Morgan fingerprint density at radius 2 is 2.27 bits per heavy atom. The second-order valence-corrected chi connectivity index (χ2v) is 4.99. The van der Waals surface area contributed by atoms with Crippen LogP contribution in [0.3, 0.4) is 0 Å². The highest BCUT2D eigenvalue weighted by Gasteiger charge is 2.25. The third kappa shape index (κ3) is 4.38.